The number of phenols is 1. The molecule has 0 saturated carbocycles. The molecule has 7 heteroatoms. The summed E-state index contributed by atoms with van der Waals surface area (Å²) in [5.41, 5.74) is 3.33. The summed E-state index contributed by atoms with van der Waals surface area (Å²) in [6.07, 6.45) is 0. The van der Waals surface area contributed by atoms with Crippen LogP contribution >= 0.6 is 11.6 Å². The number of hydrogen-bond donors (Lipinski definition) is 2. The van der Waals surface area contributed by atoms with E-state index in [2.05, 4.69) is 10.3 Å². The SMILES string of the molecule is COc1ccc(-c2ccccc2C(=O)Nc2oc(-c3ccccc3)nc2-c2cccc(Cl)c2)c(O)c1. The van der Waals surface area contributed by atoms with Gasteiger partial charge in [0.2, 0.25) is 11.8 Å². The van der Waals surface area contributed by atoms with Gasteiger partial charge in [0.1, 0.15) is 17.2 Å². The number of benzene rings is 4. The highest BCUT2D eigenvalue weighted by Crippen LogP contribution is 2.37. The highest BCUT2D eigenvalue weighted by atomic mass is 35.5. The van der Waals surface area contributed by atoms with E-state index in [0.29, 0.717) is 44.6 Å². The van der Waals surface area contributed by atoms with Crippen LogP contribution in [0.25, 0.3) is 33.8 Å². The second kappa shape index (κ2) is 9.98. The van der Waals surface area contributed by atoms with Crippen molar-refractivity contribution < 1.29 is 19.1 Å². The van der Waals surface area contributed by atoms with E-state index in [9.17, 15) is 9.90 Å². The first kappa shape index (κ1) is 23.2. The topological polar surface area (TPSA) is 84.6 Å². The molecular weight excluding hydrogens is 476 g/mol. The van der Waals surface area contributed by atoms with Crippen LogP contribution < -0.4 is 10.1 Å². The van der Waals surface area contributed by atoms with Crippen LogP contribution in [0, 0.1) is 0 Å². The number of rotatable bonds is 6. The third-order valence-corrected chi connectivity index (χ3v) is 5.87. The fourth-order valence-electron chi connectivity index (χ4n) is 3.89. The maximum absolute atomic E-state index is 13.5. The maximum Gasteiger partial charge on any atom is 0.258 e. The van der Waals surface area contributed by atoms with Crippen molar-refractivity contribution in [3.63, 3.8) is 0 Å². The van der Waals surface area contributed by atoms with Crippen LogP contribution in [0.2, 0.25) is 5.02 Å². The lowest BCUT2D eigenvalue weighted by molar-refractivity contribution is 0.102. The minimum absolute atomic E-state index is 0.000227. The van der Waals surface area contributed by atoms with Crippen molar-refractivity contribution in [3.8, 4) is 45.3 Å². The Morgan fingerprint density at radius 3 is 2.39 bits per heavy atom. The Morgan fingerprint density at radius 2 is 1.64 bits per heavy atom. The van der Waals surface area contributed by atoms with E-state index in [1.165, 1.54) is 13.2 Å². The first-order valence-corrected chi connectivity index (χ1v) is 11.5. The number of aromatic nitrogens is 1. The molecule has 36 heavy (non-hydrogen) atoms. The molecule has 1 heterocycles. The molecule has 0 aliphatic heterocycles. The first-order valence-electron chi connectivity index (χ1n) is 11.1. The second-order valence-corrected chi connectivity index (χ2v) is 8.39. The van der Waals surface area contributed by atoms with Gasteiger partial charge >= 0.3 is 0 Å². The number of oxazole rings is 1. The lowest BCUT2D eigenvalue weighted by Crippen LogP contribution is -2.13. The second-order valence-electron chi connectivity index (χ2n) is 7.96. The summed E-state index contributed by atoms with van der Waals surface area (Å²) >= 11 is 6.22. The molecule has 0 aliphatic rings. The number of hydrogen-bond acceptors (Lipinski definition) is 5. The standard InChI is InChI=1S/C29H21ClN2O4/c1-35-21-14-15-23(25(33)17-21)22-12-5-6-13-24(22)27(34)32-29-26(19-10-7-11-20(30)16-19)31-28(36-29)18-8-3-2-4-9-18/h2-17,33H,1H3,(H,32,34). The number of halogens is 1. The highest BCUT2D eigenvalue weighted by molar-refractivity contribution is 6.30. The Kier molecular flexibility index (Phi) is 6.43. The van der Waals surface area contributed by atoms with Gasteiger partial charge in [-0.2, -0.15) is 0 Å². The summed E-state index contributed by atoms with van der Waals surface area (Å²) < 4.78 is 11.2. The number of nitrogens with one attached hydrogen (secondary N) is 1. The van der Waals surface area contributed by atoms with E-state index in [1.54, 1.807) is 48.5 Å². The monoisotopic (exact) mass is 496 g/mol. The van der Waals surface area contributed by atoms with Gasteiger partial charge in [-0.05, 0) is 48.0 Å². The summed E-state index contributed by atoms with van der Waals surface area (Å²) in [5, 5.41) is 14.0. The van der Waals surface area contributed by atoms with Gasteiger partial charge in [0.15, 0.2) is 0 Å². The zero-order valence-electron chi connectivity index (χ0n) is 19.2. The molecule has 0 aliphatic carbocycles. The maximum atomic E-state index is 13.5. The number of amides is 1. The van der Waals surface area contributed by atoms with E-state index in [4.69, 9.17) is 20.8 Å². The van der Waals surface area contributed by atoms with E-state index >= 15 is 0 Å². The molecule has 1 amide bonds. The fourth-order valence-corrected chi connectivity index (χ4v) is 4.08. The Labute approximate surface area is 212 Å². The van der Waals surface area contributed by atoms with E-state index in [0.717, 1.165) is 5.56 Å². The smallest absolute Gasteiger partial charge is 0.258 e. The van der Waals surface area contributed by atoms with Gasteiger partial charge in [-0.25, -0.2) is 4.98 Å². The van der Waals surface area contributed by atoms with Crippen molar-refractivity contribution in [3.05, 3.63) is 108 Å². The average molecular weight is 497 g/mol. The molecule has 5 rings (SSSR count). The summed E-state index contributed by atoms with van der Waals surface area (Å²) in [6, 6.07) is 28.5. The van der Waals surface area contributed by atoms with Gasteiger partial charge in [0, 0.05) is 33.3 Å². The normalized spacial score (nSPS) is 10.7. The van der Waals surface area contributed by atoms with Crippen molar-refractivity contribution in [2.75, 3.05) is 12.4 Å². The number of aromatic hydroxyl groups is 1. The molecule has 0 saturated heterocycles. The molecule has 0 atom stereocenters. The zero-order chi connectivity index (χ0) is 25.1. The number of methoxy groups -OCH3 is 1. The van der Waals surface area contributed by atoms with Crippen LogP contribution in [-0.2, 0) is 0 Å². The molecule has 0 bridgehead atoms. The van der Waals surface area contributed by atoms with Crippen molar-refractivity contribution >= 4 is 23.4 Å². The molecule has 1 aromatic heterocycles. The van der Waals surface area contributed by atoms with Crippen LogP contribution in [0.1, 0.15) is 10.4 Å². The third kappa shape index (κ3) is 4.67. The number of ether oxygens (including phenoxy) is 1. The third-order valence-electron chi connectivity index (χ3n) is 5.64. The molecule has 0 radical (unpaired) electrons. The highest BCUT2D eigenvalue weighted by Gasteiger charge is 2.22. The lowest BCUT2D eigenvalue weighted by Gasteiger charge is -2.12. The van der Waals surface area contributed by atoms with Gasteiger partial charge in [-0.15, -0.1) is 0 Å². The molecule has 178 valence electrons. The van der Waals surface area contributed by atoms with Crippen LogP contribution in [0.3, 0.4) is 0 Å². The lowest BCUT2D eigenvalue weighted by atomic mass is 9.98. The molecule has 2 N–H and O–H groups in total. The Bertz CT molecular complexity index is 1550. The van der Waals surface area contributed by atoms with Crippen LogP contribution in [0.15, 0.2) is 101 Å². The predicted octanol–water partition coefficient (Wildman–Crippen LogP) is 7.30. The summed E-state index contributed by atoms with van der Waals surface area (Å²) in [6.45, 7) is 0. The molecule has 6 nitrogen and oxygen atoms in total. The van der Waals surface area contributed by atoms with Crippen molar-refractivity contribution in [2.24, 2.45) is 0 Å². The number of carbonyl (C=O) groups is 1. The summed E-state index contributed by atoms with van der Waals surface area (Å²) in [5.74, 6) is 0.649. The number of anilines is 1. The molecule has 0 spiro atoms. The van der Waals surface area contributed by atoms with Crippen molar-refractivity contribution in [1.29, 1.82) is 0 Å². The Morgan fingerprint density at radius 1 is 0.889 bits per heavy atom. The van der Waals surface area contributed by atoms with Crippen molar-refractivity contribution in [1.82, 2.24) is 4.98 Å². The molecular formula is C29H21ClN2O4. The number of nitrogens with zero attached hydrogens (tertiary/aromatic N) is 1. The quantitative estimate of drug-likeness (QED) is 0.258. The van der Waals surface area contributed by atoms with Gasteiger partial charge in [0.05, 0.1) is 7.11 Å². The van der Waals surface area contributed by atoms with Gasteiger partial charge in [-0.3, -0.25) is 10.1 Å². The largest absolute Gasteiger partial charge is 0.507 e. The Balaban J connectivity index is 1.55. The minimum atomic E-state index is -0.417. The van der Waals surface area contributed by atoms with E-state index in [-0.39, 0.29) is 11.6 Å². The van der Waals surface area contributed by atoms with Crippen LogP contribution in [0.4, 0.5) is 5.88 Å². The molecule has 5 aromatic rings. The molecule has 0 unspecified atom stereocenters. The Hall–Kier alpha value is -4.55. The zero-order valence-corrected chi connectivity index (χ0v) is 20.0. The van der Waals surface area contributed by atoms with E-state index < -0.39 is 5.91 Å². The number of carbonyl (C=O) groups excluding carboxylic acids is 1. The average Bonchev–Trinajstić information content (AvgIpc) is 3.33. The van der Waals surface area contributed by atoms with E-state index in [1.807, 2.05) is 42.5 Å². The minimum Gasteiger partial charge on any atom is -0.507 e. The summed E-state index contributed by atoms with van der Waals surface area (Å²) in [7, 11) is 1.52. The van der Waals surface area contributed by atoms with Gasteiger partial charge in [0.25, 0.3) is 5.91 Å². The number of phenolic OH excluding ortho intramolecular Hbond substituents is 1. The van der Waals surface area contributed by atoms with Gasteiger partial charge < -0.3 is 14.3 Å². The van der Waals surface area contributed by atoms with Crippen molar-refractivity contribution in [2.45, 2.75) is 0 Å². The fraction of sp³-hybridized carbons (Fsp3) is 0.0345. The van der Waals surface area contributed by atoms with Crippen LogP contribution in [-0.4, -0.2) is 23.1 Å². The first-order chi connectivity index (χ1) is 17.5. The molecule has 4 aromatic carbocycles. The van der Waals surface area contributed by atoms with Crippen LogP contribution in [0.5, 0.6) is 11.5 Å². The van der Waals surface area contributed by atoms with Gasteiger partial charge in [-0.1, -0.05) is 60.1 Å². The summed E-state index contributed by atoms with van der Waals surface area (Å²) in [4.78, 5) is 18.2. The molecule has 0 fully saturated rings. The predicted molar refractivity (Wildman–Crippen MR) is 140 cm³/mol.